The molecule has 1 saturated carbocycles. The van der Waals surface area contributed by atoms with Crippen molar-refractivity contribution in [1.82, 2.24) is 0 Å². The van der Waals surface area contributed by atoms with Crippen molar-refractivity contribution in [3.8, 4) is 17.6 Å². The first-order chi connectivity index (χ1) is 10.2. The number of amides is 1. The van der Waals surface area contributed by atoms with Crippen molar-refractivity contribution in [3.05, 3.63) is 23.8 Å². The molecule has 0 saturated heterocycles. The predicted molar refractivity (Wildman–Crippen MR) is 82.1 cm³/mol. The highest BCUT2D eigenvalue weighted by Gasteiger charge is 2.32. The molecular formula is C17H21NO3. The van der Waals surface area contributed by atoms with E-state index in [1.165, 1.54) is 0 Å². The van der Waals surface area contributed by atoms with Gasteiger partial charge in [0.2, 0.25) is 5.91 Å². The fourth-order valence-corrected chi connectivity index (χ4v) is 2.16. The van der Waals surface area contributed by atoms with E-state index in [-0.39, 0.29) is 18.4 Å². The van der Waals surface area contributed by atoms with Crippen LogP contribution < -0.4 is 10.1 Å². The summed E-state index contributed by atoms with van der Waals surface area (Å²) in [4.78, 5) is 12.2. The van der Waals surface area contributed by atoms with Gasteiger partial charge in [0, 0.05) is 17.9 Å². The highest BCUT2D eigenvalue weighted by Crippen LogP contribution is 2.37. The topological polar surface area (TPSA) is 58.6 Å². The van der Waals surface area contributed by atoms with E-state index >= 15 is 0 Å². The van der Waals surface area contributed by atoms with Crippen LogP contribution in [-0.2, 0) is 4.79 Å². The summed E-state index contributed by atoms with van der Waals surface area (Å²) in [6, 6.07) is 5.43. The summed E-state index contributed by atoms with van der Waals surface area (Å²) in [7, 11) is 1.58. The standard InChI is InChI=1S/C17H21NO3/c1-12(14-7-8-14)17(20)18-15-11-13(5-3-4-10-19)6-9-16(15)21-2/h6,9,11-12,14,19H,4,7-8,10H2,1-2H3,(H,18,20). The van der Waals surface area contributed by atoms with Gasteiger partial charge in [0.1, 0.15) is 5.75 Å². The van der Waals surface area contributed by atoms with E-state index in [4.69, 9.17) is 9.84 Å². The molecule has 2 N–H and O–H groups in total. The van der Waals surface area contributed by atoms with Gasteiger partial charge in [-0.15, -0.1) is 0 Å². The molecule has 1 atom stereocenters. The average molecular weight is 287 g/mol. The third-order valence-corrected chi connectivity index (χ3v) is 3.67. The van der Waals surface area contributed by atoms with Crippen LogP contribution >= 0.6 is 0 Å². The summed E-state index contributed by atoms with van der Waals surface area (Å²) in [6.45, 7) is 2.01. The number of anilines is 1. The Labute approximate surface area is 125 Å². The van der Waals surface area contributed by atoms with Gasteiger partial charge in [-0.25, -0.2) is 0 Å². The molecule has 1 unspecified atom stereocenters. The summed E-state index contributed by atoms with van der Waals surface area (Å²) < 4.78 is 5.28. The third kappa shape index (κ3) is 4.24. The van der Waals surface area contributed by atoms with Gasteiger partial charge in [0.25, 0.3) is 0 Å². The highest BCUT2D eigenvalue weighted by molar-refractivity contribution is 5.94. The SMILES string of the molecule is COc1ccc(C#CCCO)cc1NC(=O)C(C)C1CC1. The monoisotopic (exact) mass is 287 g/mol. The number of benzene rings is 1. The van der Waals surface area contributed by atoms with Crippen LogP contribution in [0, 0.1) is 23.7 Å². The van der Waals surface area contributed by atoms with E-state index in [0.29, 0.717) is 23.8 Å². The molecule has 0 spiro atoms. The lowest BCUT2D eigenvalue weighted by molar-refractivity contribution is -0.119. The summed E-state index contributed by atoms with van der Waals surface area (Å²) in [5.74, 6) is 7.02. The first-order valence-corrected chi connectivity index (χ1v) is 7.24. The van der Waals surface area contributed by atoms with Crippen molar-refractivity contribution in [2.24, 2.45) is 11.8 Å². The van der Waals surface area contributed by atoms with E-state index in [9.17, 15) is 4.79 Å². The molecule has 0 radical (unpaired) electrons. The Morgan fingerprint density at radius 2 is 2.29 bits per heavy atom. The fraction of sp³-hybridized carbons (Fsp3) is 0.471. The van der Waals surface area contributed by atoms with Crippen LogP contribution in [0.15, 0.2) is 18.2 Å². The van der Waals surface area contributed by atoms with Crippen molar-refractivity contribution >= 4 is 11.6 Å². The maximum Gasteiger partial charge on any atom is 0.227 e. The van der Waals surface area contributed by atoms with Crippen LogP contribution in [0.5, 0.6) is 5.75 Å². The Hall–Kier alpha value is -1.99. The third-order valence-electron chi connectivity index (χ3n) is 3.67. The number of nitrogens with one attached hydrogen (secondary N) is 1. The zero-order valence-corrected chi connectivity index (χ0v) is 12.5. The molecule has 1 fully saturated rings. The lowest BCUT2D eigenvalue weighted by Crippen LogP contribution is -2.22. The van der Waals surface area contributed by atoms with Crippen LogP contribution in [0.3, 0.4) is 0 Å². The summed E-state index contributed by atoms with van der Waals surface area (Å²) in [5.41, 5.74) is 1.43. The van der Waals surface area contributed by atoms with Gasteiger partial charge in [-0.05, 0) is 37.0 Å². The molecule has 4 nitrogen and oxygen atoms in total. The number of hydrogen-bond donors (Lipinski definition) is 2. The summed E-state index contributed by atoms with van der Waals surface area (Å²) in [5, 5.41) is 11.7. The second-order valence-electron chi connectivity index (χ2n) is 5.31. The van der Waals surface area contributed by atoms with Crippen molar-refractivity contribution in [2.75, 3.05) is 19.0 Å². The average Bonchev–Trinajstić information content (AvgIpc) is 3.31. The second-order valence-corrected chi connectivity index (χ2v) is 5.31. The van der Waals surface area contributed by atoms with Crippen molar-refractivity contribution in [3.63, 3.8) is 0 Å². The molecule has 1 aromatic rings. The van der Waals surface area contributed by atoms with Crippen LogP contribution in [0.4, 0.5) is 5.69 Å². The fourth-order valence-electron chi connectivity index (χ4n) is 2.16. The molecule has 0 heterocycles. The van der Waals surface area contributed by atoms with Gasteiger partial charge >= 0.3 is 0 Å². The number of ether oxygens (including phenoxy) is 1. The molecular weight excluding hydrogens is 266 g/mol. The number of carbonyl (C=O) groups is 1. The van der Waals surface area contributed by atoms with Crippen molar-refractivity contribution < 1.29 is 14.6 Å². The molecule has 1 aliphatic carbocycles. The molecule has 0 bridgehead atoms. The van der Waals surface area contributed by atoms with E-state index in [0.717, 1.165) is 18.4 Å². The molecule has 1 aromatic carbocycles. The first kappa shape index (κ1) is 15.4. The predicted octanol–water partition coefficient (Wildman–Crippen LogP) is 2.41. The molecule has 2 rings (SSSR count). The largest absolute Gasteiger partial charge is 0.495 e. The van der Waals surface area contributed by atoms with E-state index < -0.39 is 0 Å². The normalized spacial score (nSPS) is 14.8. The van der Waals surface area contributed by atoms with Crippen LogP contribution in [0.2, 0.25) is 0 Å². The van der Waals surface area contributed by atoms with Gasteiger partial charge in [-0.3, -0.25) is 4.79 Å². The Morgan fingerprint density at radius 1 is 1.52 bits per heavy atom. The van der Waals surface area contributed by atoms with Crippen molar-refractivity contribution in [2.45, 2.75) is 26.2 Å². The van der Waals surface area contributed by atoms with E-state index in [1.807, 2.05) is 13.0 Å². The molecule has 21 heavy (non-hydrogen) atoms. The van der Waals surface area contributed by atoms with E-state index in [1.54, 1.807) is 19.2 Å². The van der Waals surface area contributed by atoms with Gasteiger partial charge in [-0.1, -0.05) is 18.8 Å². The van der Waals surface area contributed by atoms with Crippen molar-refractivity contribution in [1.29, 1.82) is 0 Å². The minimum absolute atomic E-state index is 0.0243. The minimum atomic E-state index is 0.0243. The number of carbonyl (C=O) groups excluding carboxylic acids is 1. The van der Waals surface area contributed by atoms with E-state index in [2.05, 4.69) is 17.2 Å². The smallest absolute Gasteiger partial charge is 0.227 e. The summed E-state index contributed by atoms with van der Waals surface area (Å²) >= 11 is 0. The molecule has 1 amide bonds. The minimum Gasteiger partial charge on any atom is -0.495 e. The van der Waals surface area contributed by atoms with Gasteiger partial charge in [-0.2, -0.15) is 0 Å². The molecule has 0 aromatic heterocycles. The maximum atomic E-state index is 12.2. The number of hydrogen-bond acceptors (Lipinski definition) is 3. The van der Waals surface area contributed by atoms with Gasteiger partial charge in [0.05, 0.1) is 19.4 Å². The first-order valence-electron chi connectivity index (χ1n) is 7.24. The van der Waals surface area contributed by atoms with Gasteiger partial charge in [0.15, 0.2) is 0 Å². The zero-order valence-electron chi connectivity index (χ0n) is 12.5. The second kappa shape index (κ2) is 7.14. The number of aliphatic hydroxyl groups excluding tert-OH is 1. The molecule has 4 heteroatoms. The highest BCUT2D eigenvalue weighted by atomic mass is 16.5. The molecule has 0 aliphatic heterocycles. The Bertz CT molecular complexity index is 567. The summed E-state index contributed by atoms with van der Waals surface area (Å²) in [6.07, 6.45) is 2.71. The Morgan fingerprint density at radius 3 is 2.90 bits per heavy atom. The lowest BCUT2D eigenvalue weighted by Gasteiger charge is -2.14. The van der Waals surface area contributed by atoms with Crippen LogP contribution in [-0.4, -0.2) is 24.7 Å². The van der Waals surface area contributed by atoms with Crippen LogP contribution in [0.1, 0.15) is 31.7 Å². The Kier molecular flexibility index (Phi) is 5.24. The number of methoxy groups -OCH3 is 1. The molecule has 1 aliphatic rings. The number of rotatable bonds is 5. The zero-order chi connectivity index (χ0) is 15.2. The van der Waals surface area contributed by atoms with Gasteiger partial charge < -0.3 is 15.2 Å². The lowest BCUT2D eigenvalue weighted by atomic mass is 10.1. The van der Waals surface area contributed by atoms with Crippen LogP contribution in [0.25, 0.3) is 0 Å². The Balaban J connectivity index is 2.13. The molecule has 112 valence electrons. The quantitative estimate of drug-likeness (QED) is 0.818. The maximum absolute atomic E-state index is 12.2. The number of aliphatic hydroxyl groups is 1.